The summed E-state index contributed by atoms with van der Waals surface area (Å²) in [6.07, 6.45) is 1.74. The molecule has 2 amide bonds. The fourth-order valence-corrected chi connectivity index (χ4v) is 5.13. The fourth-order valence-electron chi connectivity index (χ4n) is 4.06. The van der Waals surface area contributed by atoms with Crippen molar-refractivity contribution in [2.75, 3.05) is 13.1 Å². The molecule has 3 aromatic rings. The van der Waals surface area contributed by atoms with E-state index in [1.807, 2.05) is 24.3 Å². The van der Waals surface area contributed by atoms with E-state index in [0.717, 1.165) is 28.6 Å². The molecule has 0 unspecified atom stereocenters. The fraction of sp³-hybridized carbons (Fsp3) is 0.280. The van der Waals surface area contributed by atoms with E-state index in [1.54, 1.807) is 41.3 Å². The number of amides is 2. The van der Waals surface area contributed by atoms with Gasteiger partial charge in [0.25, 0.3) is 10.0 Å². The lowest BCUT2D eigenvalue weighted by atomic mass is 10.00. The molecule has 1 aliphatic heterocycles. The summed E-state index contributed by atoms with van der Waals surface area (Å²) in [6.45, 7) is 3.29. The maximum atomic E-state index is 13.4. The second-order valence-corrected chi connectivity index (χ2v) is 10.4. The molecule has 1 saturated heterocycles. The molecule has 1 heterocycles. The van der Waals surface area contributed by atoms with Crippen LogP contribution in [0.15, 0.2) is 71.6 Å². The number of likely N-dealkylation sites (tertiary alicyclic amines) is 1. The van der Waals surface area contributed by atoms with Crippen LogP contribution in [0.5, 0.6) is 0 Å². The van der Waals surface area contributed by atoms with Crippen molar-refractivity contribution in [3.8, 4) is 0 Å². The number of nitrogen functional groups attached to an aromatic ring is 1. The number of hydrogen-bond acceptors (Lipinski definition) is 4. The van der Waals surface area contributed by atoms with Gasteiger partial charge in [-0.15, -0.1) is 17.2 Å². The highest BCUT2D eigenvalue weighted by Crippen LogP contribution is 2.21. The second kappa shape index (κ2) is 11.1. The number of piperidine rings is 1. The Kier molecular flexibility index (Phi) is 8.37. The number of urea groups is 1. The van der Waals surface area contributed by atoms with Crippen molar-refractivity contribution in [2.45, 2.75) is 31.2 Å². The van der Waals surface area contributed by atoms with Crippen LogP contribution >= 0.6 is 12.4 Å². The number of halogens is 1. The Labute approximate surface area is 212 Å². The predicted molar refractivity (Wildman–Crippen MR) is 140 cm³/mol. The van der Waals surface area contributed by atoms with E-state index < -0.39 is 16.1 Å². The number of hydrogen-bond donors (Lipinski definition) is 3. The normalized spacial score (nSPS) is 14.4. The summed E-state index contributed by atoms with van der Waals surface area (Å²) < 4.78 is 26.6. The number of sulfonamides is 1. The standard InChI is InChI=1S/C25H29N5O3S.ClH/c1-18-11-13-29(14-12-18)25(31)30(17-19-5-4-8-22(15-19)24(26)27)28-34(32,33)23-10-9-20-6-2-3-7-21(20)16-23;/h2-10,15-16,18,28H,11-14,17H2,1H3,(H3,26,27);1H. The Morgan fingerprint density at radius 3 is 2.43 bits per heavy atom. The highest BCUT2D eigenvalue weighted by atomic mass is 35.5. The van der Waals surface area contributed by atoms with E-state index in [0.29, 0.717) is 30.1 Å². The molecule has 4 rings (SSSR count). The molecule has 0 aromatic heterocycles. The lowest BCUT2D eigenvalue weighted by molar-refractivity contribution is 0.124. The van der Waals surface area contributed by atoms with Crippen LogP contribution in [0.1, 0.15) is 30.9 Å². The van der Waals surface area contributed by atoms with Gasteiger partial charge < -0.3 is 10.6 Å². The van der Waals surface area contributed by atoms with Gasteiger partial charge in [0.15, 0.2) is 0 Å². The monoisotopic (exact) mass is 515 g/mol. The number of nitrogens with one attached hydrogen (secondary N) is 2. The Balaban J connectivity index is 0.00000342. The minimum absolute atomic E-state index is 0. The van der Waals surface area contributed by atoms with Crippen molar-refractivity contribution in [3.05, 3.63) is 77.9 Å². The smallest absolute Gasteiger partial charge is 0.335 e. The zero-order chi connectivity index (χ0) is 24.3. The minimum atomic E-state index is -4.03. The molecule has 0 radical (unpaired) electrons. The van der Waals surface area contributed by atoms with Crippen LogP contribution in [-0.2, 0) is 16.6 Å². The van der Waals surface area contributed by atoms with Crippen LogP contribution in [0.4, 0.5) is 4.79 Å². The first-order valence-electron chi connectivity index (χ1n) is 11.2. The topological polar surface area (TPSA) is 120 Å². The van der Waals surface area contributed by atoms with Crippen molar-refractivity contribution in [3.63, 3.8) is 0 Å². The number of carbonyl (C=O) groups excluding carboxylic acids is 1. The highest BCUT2D eigenvalue weighted by molar-refractivity contribution is 7.89. The number of nitrogens with zero attached hydrogens (tertiary/aromatic N) is 2. The Hall–Kier alpha value is -3.14. The number of amidine groups is 1. The molecule has 4 N–H and O–H groups in total. The Morgan fingerprint density at radius 2 is 1.74 bits per heavy atom. The second-order valence-electron chi connectivity index (χ2n) is 8.76. The number of rotatable bonds is 6. The van der Waals surface area contributed by atoms with Crippen LogP contribution in [0, 0.1) is 11.3 Å². The number of carbonyl (C=O) groups is 1. The quantitative estimate of drug-likeness (QED) is 0.260. The number of hydrazine groups is 1. The first-order chi connectivity index (χ1) is 16.2. The number of nitrogens with two attached hydrogens (primary N) is 1. The lowest BCUT2D eigenvalue weighted by Crippen LogP contribution is -2.53. The van der Waals surface area contributed by atoms with Gasteiger partial charge in [-0.1, -0.05) is 55.5 Å². The third-order valence-corrected chi connectivity index (χ3v) is 7.46. The summed E-state index contributed by atoms with van der Waals surface area (Å²) in [5.74, 6) is 0.431. The first-order valence-corrected chi connectivity index (χ1v) is 12.7. The molecule has 35 heavy (non-hydrogen) atoms. The largest absolute Gasteiger partial charge is 0.384 e. The third kappa shape index (κ3) is 6.30. The molecular formula is C25H30ClN5O3S. The molecule has 0 saturated carbocycles. The Bertz CT molecular complexity index is 1320. The molecule has 0 spiro atoms. The summed E-state index contributed by atoms with van der Waals surface area (Å²) in [6, 6.07) is 18.9. The SMILES string of the molecule is CC1CCN(C(=O)N(Cc2cccc(C(=N)N)c2)NS(=O)(=O)c2ccc3ccccc3c2)CC1.Cl. The van der Waals surface area contributed by atoms with Gasteiger partial charge in [-0.2, -0.15) is 0 Å². The van der Waals surface area contributed by atoms with E-state index in [9.17, 15) is 13.2 Å². The zero-order valence-corrected chi connectivity index (χ0v) is 21.1. The molecule has 0 aliphatic carbocycles. The van der Waals surface area contributed by atoms with E-state index in [1.165, 1.54) is 6.07 Å². The Morgan fingerprint density at radius 1 is 1.06 bits per heavy atom. The van der Waals surface area contributed by atoms with Crippen molar-refractivity contribution in [2.24, 2.45) is 11.7 Å². The summed E-state index contributed by atoms with van der Waals surface area (Å²) in [5, 5.41) is 10.5. The molecule has 1 aliphatic rings. The molecule has 0 bridgehead atoms. The lowest BCUT2D eigenvalue weighted by Gasteiger charge is -2.34. The highest BCUT2D eigenvalue weighted by Gasteiger charge is 2.29. The van der Waals surface area contributed by atoms with Crippen molar-refractivity contribution in [1.29, 1.82) is 5.41 Å². The van der Waals surface area contributed by atoms with Crippen LogP contribution < -0.4 is 10.6 Å². The van der Waals surface area contributed by atoms with Crippen molar-refractivity contribution in [1.82, 2.24) is 14.7 Å². The van der Waals surface area contributed by atoms with E-state index in [2.05, 4.69) is 11.8 Å². The number of benzene rings is 3. The zero-order valence-electron chi connectivity index (χ0n) is 19.5. The van der Waals surface area contributed by atoms with E-state index in [4.69, 9.17) is 11.1 Å². The van der Waals surface area contributed by atoms with Gasteiger partial charge in [-0.25, -0.2) is 18.2 Å². The van der Waals surface area contributed by atoms with Crippen LogP contribution in [-0.4, -0.2) is 43.3 Å². The number of fused-ring (bicyclic) bond motifs is 1. The molecule has 186 valence electrons. The average molecular weight is 516 g/mol. The van der Waals surface area contributed by atoms with Crippen molar-refractivity contribution >= 4 is 45.1 Å². The summed E-state index contributed by atoms with van der Waals surface area (Å²) in [4.78, 5) is 17.7. The molecule has 3 aromatic carbocycles. The van der Waals surface area contributed by atoms with E-state index in [-0.39, 0.29) is 29.7 Å². The minimum Gasteiger partial charge on any atom is -0.384 e. The van der Waals surface area contributed by atoms with Gasteiger partial charge in [0.1, 0.15) is 5.84 Å². The first kappa shape index (κ1) is 26.5. The average Bonchev–Trinajstić information content (AvgIpc) is 2.83. The van der Waals surface area contributed by atoms with Crippen molar-refractivity contribution < 1.29 is 13.2 Å². The predicted octanol–water partition coefficient (Wildman–Crippen LogP) is 4.09. The van der Waals surface area contributed by atoms with E-state index >= 15 is 0 Å². The molecular weight excluding hydrogens is 486 g/mol. The molecule has 10 heteroatoms. The third-order valence-electron chi connectivity index (χ3n) is 6.13. The maximum absolute atomic E-state index is 13.4. The van der Waals surface area contributed by atoms with Crippen LogP contribution in [0.2, 0.25) is 0 Å². The molecule has 8 nitrogen and oxygen atoms in total. The molecule has 0 atom stereocenters. The van der Waals surface area contributed by atoms with Crippen LogP contribution in [0.25, 0.3) is 10.8 Å². The maximum Gasteiger partial charge on any atom is 0.335 e. The van der Waals surface area contributed by atoms with Gasteiger partial charge in [0, 0.05) is 18.7 Å². The summed E-state index contributed by atoms with van der Waals surface area (Å²) in [5.41, 5.74) is 6.78. The summed E-state index contributed by atoms with van der Waals surface area (Å²) >= 11 is 0. The van der Waals surface area contributed by atoms with Gasteiger partial charge in [-0.3, -0.25) is 5.41 Å². The van der Waals surface area contributed by atoms with Gasteiger partial charge >= 0.3 is 6.03 Å². The molecule has 1 fully saturated rings. The van der Waals surface area contributed by atoms with Gasteiger partial charge in [-0.05, 0) is 53.3 Å². The van der Waals surface area contributed by atoms with Gasteiger partial charge in [0.05, 0.1) is 11.4 Å². The van der Waals surface area contributed by atoms with Gasteiger partial charge in [0.2, 0.25) is 0 Å². The van der Waals surface area contributed by atoms with Crippen LogP contribution in [0.3, 0.4) is 0 Å². The summed E-state index contributed by atoms with van der Waals surface area (Å²) in [7, 11) is -4.03.